The minimum absolute atomic E-state index is 0.139. The topological polar surface area (TPSA) is 56.8 Å². The lowest BCUT2D eigenvalue weighted by molar-refractivity contribution is -0.118. The Morgan fingerprint density at radius 1 is 1.14 bits per heavy atom. The lowest BCUT2D eigenvalue weighted by Crippen LogP contribution is -2.20. The zero-order chi connectivity index (χ0) is 15.5. The second-order valence-corrected chi connectivity index (χ2v) is 4.48. The molecule has 0 saturated heterocycles. The Kier molecular flexibility index (Phi) is 3.78. The summed E-state index contributed by atoms with van der Waals surface area (Å²) in [6.45, 7) is -0.267. The van der Waals surface area contributed by atoms with Crippen molar-refractivity contribution in [2.45, 2.75) is 0 Å². The quantitative estimate of drug-likeness (QED) is 0.943. The molecule has 22 heavy (non-hydrogen) atoms. The molecular formula is C15H11F2NO4. The standard InChI is InChI=1S/C15H11F2NO4/c16-9-1-3-12(11(17)5-9)20-7-15(19)18-10-2-4-13-14(6-10)22-8-21-13/h1-6H,7-8H2,(H,18,19). The van der Waals surface area contributed by atoms with Gasteiger partial charge in [0.1, 0.15) is 5.82 Å². The molecule has 0 aliphatic carbocycles. The van der Waals surface area contributed by atoms with Gasteiger partial charge in [0.2, 0.25) is 6.79 Å². The van der Waals surface area contributed by atoms with Crippen molar-refractivity contribution < 1.29 is 27.8 Å². The number of rotatable bonds is 4. The first-order chi connectivity index (χ1) is 10.6. The SMILES string of the molecule is O=C(COc1ccc(F)cc1F)Nc1ccc2c(c1)OCO2. The lowest BCUT2D eigenvalue weighted by Gasteiger charge is -2.08. The van der Waals surface area contributed by atoms with Gasteiger partial charge in [0.25, 0.3) is 5.91 Å². The van der Waals surface area contributed by atoms with Crippen LogP contribution >= 0.6 is 0 Å². The second-order valence-electron chi connectivity index (χ2n) is 4.48. The summed E-state index contributed by atoms with van der Waals surface area (Å²) >= 11 is 0. The number of amides is 1. The van der Waals surface area contributed by atoms with Crippen molar-refractivity contribution in [1.82, 2.24) is 0 Å². The van der Waals surface area contributed by atoms with Gasteiger partial charge in [0, 0.05) is 17.8 Å². The molecule has 7 heteroatoms. The van der Waals surface area contributed by atoms with Gasteiger partial charge in [-0.15, -0.1) is 0 Å². The molecule has 1 aliphatic rings. The van der Waals surface area contributed by atoms with Crippen LogP contribution in [0.15, 0.2) is 36.4 Å². The smallest absolute Gasteiger partial charge is 0.262 e. The molecule has 0 fully saturated rings. The number of carbonyl (C=O) groups is 1. The zero-order valence-corrected chi connectivity index (χ0v) is 11.3. The summed E-state index contributed by atoms with van der Waals surface area (Å²) in [5.74, 6) is -1.12. The molecule has 0 saturated carbocycles. The predicted octanol–water partition coefficient (Wildman–Crippen LogP) is 2.71. The lowest BCUT2D eigenvalue weighted by atomic mass is 10.3. The Balaban J connectivity index is 1.58. The molecule has 1 amide bonds. The first kappa shape index (κ1) is 14.1. The number of anilines is 1. The Bertz CT molecular complexity index is 721. The van der Waals surface area contributed by atoms with E-state index in [0.29, 0.717) is 23.3 Å². The van der Waals surface area contributed by atoms with Crippen molar-refractivity contribution in [2.75, 3.05) is 18.7 Å². The van der Waals surface area contributed by atoms with Crippen LogP contribution in [0.25, 0.3) is 0 Å². The predicted molar refractivity (Wildman–Crippen MR) is 73.0 cm³/mol. The molecule has 0 unspecified atom stereocenters. The van der Waals surface area contributed by atoms with Crippen LogP contribution in [0.2, 0.25) is 0 Å². The number of hydrogen-bond donors (Lipinski definition) is 1. The number of halogens is 2. The maximum absolute atomic E-state index is 13.4. The Labute approximate surface area is 124 Å². The number of fused-ring (bicyclic) bond motifs is 1. The fraction of sp³-hybridized carbons (Fsp3) is 0.133. The van der Waals surface area contributed by atoms with Crippen LogP contribution in [-0.4, -0.2) is 19.3 Å². The van der Waals surface area contributed by atoms with Gasteiger partial charge in [0.05, 0.1) is 0 Å². The van der Waals surface area contributed by atoms with E-state index in [9.17, 15) is 13.6 Å². The van der Waals surface area contributed by atoms with Crippen LogP contribution in [0.1, 0.15) is 0 Å². The number of nitrogens with one attached hydrogen (secondary N) is 1. The summed E-state index contributed by atoms with van der Waals surface area (Å²) in [5, 5.41) is 2.58. The van der Waals surface area contributed by atoms with Crippen molar-refractivity contribution >= 4 is 11.6 Å². The number of benzene rings is 2. The number of ether oxygens (including phenoxy) is 3. The molecule has 114 valence electrons. The molecule has 1 N–H and O–H groups in total. The summed E-state index contributed by atoms with van der Waals surface area (Å²) in [4.78, 5) is 11.8. The van der Waals surface area contributed by atoms with Crippen molar-refractivity contribution in [3.63, 3.8) is 0 Å². The van der Waals surface area contributed by atoms with E-state index >= 15 is 0 Å². The van der Waals surface area contributed by atoms with E-state index in [1.54, 1.807) is 18.2 Å². The minimum Gasteiger partial charge on any atom is -0.481 e. The van der Waals surface area contributed by atoms with E-state index in [1.165, 1.54) is 0 Å². The molecular weight excluding hydrogens is 296 g/mol. The van der Waals surface area contributed by atoms with Crippen molar-refractivity contribution in [2.24, 2.45) is 0 Å². The van der Waals surface area contributed by atoms with E-state index in [1.807, 2.05) is 0 Å². The van der Waals surface area contributed by atoms with Gasteiger partial charge >= 0.3 is 0 Å². The van der Waals surface area contributed by atoms with Gasteiger partial charge in [0.15, 0.2) is 29.7 Å². The molecule has 2 aromatic rings. The third kappa shape index (κ3) is 3.08. The largest absolute Gasteiger partial charge is 0.481 e. The molecule has 0 bridgehead atoms. The normalized spacial score (nSPS) is 12.1. The van der Waals surface area contributed by atoms with E-state index in [4.69, 9.17) is 14.2 Å². The van der Waals surface area contributed by atoms with Crippen molar-refractivity contribution in [1.29, 1.82) is 0 Å². The Morgan fingerprint density at radius 3 is 2.77 bits per heavy atom. The second kappa shape index (κ2) is 5.88. The molecule has 0 spiro atoms. The molecule has 0 atom stereocenters. The zero-order valence-electron chi connectivity index (χ0n) is 11.3. The molecule has 0 aromatic heterocycles. The first-order valence-electron chi connectivity index (χ1n) is 6.39. The average Bonchev–Trinajstić information content (AvgIpc) is 2.94. The van der Waals surface area contributed by atoms with Crippen molar-refractivity contribution in [3.05, 3.63) is 48.0 Å². The van der Waals surface area contributed by atoms with Crippen LogP contribution in [-0.2, 0) is 4.79 Å². The average molecular weight is 307 g/mol. The van der Waals surface area contributed by atoms with Crippen LogP contribution in [0.3, 0.4) is 0 Å². The summed E-state index contributed by atoms with van der Waals surface area (Å²) in [7, 11) is 0. The van der Waals surface area contributed by atoms with Crippen LogP contribution < -0.4 is 19.5 Å². The van der Waals surface area contributed by atoms with E-state index in [0.717, 1.165) is 12.1 Å². The van der Waals surface area contributed by atoms with E-state index < -0.39 is 24.1 Å². The highest BCUT2D eigenvalue weighted by atomic mass is 19.1. The Hall–Kier alpha value is -2.83. The summed E-state index contributed by atoms with van der Waals surface area (Å²) in [5.41, 5.74) is 0.498. The summed E-state index contributed by atoms with van der Waals surface area (Å²) in [6, 6.07) is 7.78. The first-order valence-corrected chi connectivity index (χ1v) is 6.39. The maximum Gasteiger partial charge on any atom is 0.262 e. The van der Waals surface area contributed by atoms with Gasteiger partial charge in [-0.2, -0.15) is 0 Å². The highest BCUT2D eigenvalue weighted by Gasteiger charge is 2.14. The van der Waals surface area contributed by atoms with Gasteiger partial charge < -0.3 is 19.5 Å². The highest BCUT2D eigenvalue weighted by molar-refractivity contribution is 5.92. The van der Waals surface area contributed by atoms with Gasteiger partial charge in [-0.05, 0) is 24.3 Å². The van der Waals surface area contributed by atoms with Crippen LogP contribution in [0.5, 0.6) is 17.2 Å². The summed E-state index contributed by atoms with van der Waals surface area (Å²) in [6.07, 6.45) is 0. The monoisotopic (exact) mass is 307 g/mol. The number of carbonyl (C=O) groups excluding carboxylic acids is 1. The fourth-order valence-corrected chi connectivity index (χ4v) is 1.91. The van der Waals surface area contributed by atoms with E-state index in [-0.39, 0.29) is 12.5 Å². The Morgan fingerprint density at radius 2 is 1.95 bits per heavy atom. The van der Waals surface area contributed by atoms with Gasteiger partial charge in [-0.25, -0.2) is 8.78 Å². The van der Waals surface area contributed by atoms with E-state index in [2.05, 4.69) is 5.32 Å². The molecule has 0 radical (unpaired) electrons. The molecule has 3 rings (SSSR count). The third-order valence-corrected chi connectivity index (χ3v) is 2.91. The molecule has 1 heterocycles. The summed E-state index contributed by atoms with van der Waals surface area (Å²) < 4.78 is 41.4. The third-order valence-electron chi connectivity index (χ3n) is 2.91. The van der Waals surface area contributed by atoms with Gasteiger partial charge in [-0.3, -0.25) is 4.79 Å². The fourth-order valence-electron chi connectivity index (χ4n) is 1.91. The minimum atomic E-state index is -0.865. The maximum atomic E-state index is 13.4. The van der Waals surface area contributed by atoms with Crippen LogP contribution in [0.4, 0.5) is 14.5 Å². The van der Waals surface area contributed by atoms with Crippen LogP contribution in [0, 0.1) is 11.6 Å². The highest BCUT2D eigenvalue weighted by Crippen LogP contribution is 2.34. The number of hydrogen-bond acceptors (Lipinski definition) is 4. The molecule has 2 aromatic carbocycles. The van der Waals surface area contributed by atoms with Crippen molar-refractivity contribution in [3.8, 4) is 17.2 Å². The molecule has 1 aliphatic heterocycles. The molecule has 5 nitrogen and oxygen atoms in total. The van der Waals surface area contributed by atoms with Gasteiger partial charge in [-0.1, -0.05) is 0 Å².